The van der Waals surface area contributed by atoms with Crippen LogP contribution >= 0.6 is 0 Å². The molecule has 0 aliphatic heterocycles. The third-order valence-electron chi connectivity index (χ3n) is 2.57. The highest BCUT2D eigenvalue weighted by atomic mass is 16.3. The lowest BCUT2D eigenvalue weighted by atomic mass is 9.93. The van der Waals surface area contributed by atoms with Gasteiger partial charge in [-0.3, -0.25) is 4.79 Å². The van der Waals surface area contributed by atoms with E-state index in [9.17, 15) is 9.90 Å². The van der Waals surface area contributed by atoms with Crippen molar-refractivity contribution in [3.63, 3.8) is 0 Å². The predicted molar refractivity (Wildman–Crippen MR) is 55.5 cm³/mol. The zero-order valence-corrected chi connectivity index (χ0v) is 8.71. The van der Waals surface area contributed by atoms with E-state index in [2.05, 4.69) is 0 Å². The molecule has 0 heterocycles. The van der Waals surface area contributed by atoms with Crippen LogP contribution in [0, 0.1) is 0 Å². The third-order valence-corrected chi connectivity index (χ3v) is 2.57. The minimum atomic E-state index is -0.853. The highest BCUT2D eigenvalue weighted by Crippen LogP contribution is 2.23. The first-order valence-corrected chi connectivity index (χ1v) is 4.84. The lowest BCUT2D eigenvalue weighted by Gasteiger charge is -2.17. The molecule has 0 aromatic rings. The molecule has 1 aliphatic rings. The molecule has 0 radical (unpaired) electrons. The van der Waals surface area contributed by atoms with Gasteiger partial charge < -0.3 is 10.8 Å². The summed E-state index contributed by atoms with van der Waals surface area (Å²) in [5, 5.41) is 9.39. The van der Waals surface area contributed by atoms with Crippen LogP contribution in [0.25, 0.3) is 0 Å². The van der Waals surface area contributed by atoms with Gasteiger partial charge in [-0.25, -0.2) is 0 Å². The van der Waals surface area contributed by atoms with E-state index in [1.54, 1.807) is 0 Å². The fourth-order valence-corrected chi connectivity index (χ4v) is 1.52. The lowest BCUT2D eigenvalue weighted by molar-refractivity contribution is -0.124. The fraction of sp³-hybridized carbons (Fsp3) is 0.545. The number of hydrogen-bond acceptors (Lipinski definition) is 3. The molecule has 3 N–H and O–H groups in total. The van der Waals surface area contributed by atoms with Gasteiger partial charge in [-0.2, -0.15) is 0 Å². The van der Waals surface area contributed by atoms with Crippen molar-refractivity contribution < 1.29 is 9.90 Å². The number of Topliss-reactive ketones (excluding diaryl/α,β-unsaturated/α-hetero) is 1. The van der Waals surface area contributed by atoms with E-state index < -0.39 is 6.10 Å². The van der Waals surface area contributed by atoms with Crippen molar-refractivity contribution in [1.82, 2.24) is 0 Å². The Balaban J connectivity index is 2.64. The van der Waals surface area contributed by atoms with Crippen LogP contribution in [0.15, 0.2) is 22.9 Å². The van der Waals surface area contributed by atoms with Crippen molar-refractivity contribution in [3.8, 4) is 0 Å². The number of allylic oxidation sites excluding steroid dienone is 3. The molecule has 0 saturated heterocycles. The molecule has 14 heavy (non-hydrogen) atoms. The van der Waals surface area contributed by atoms with E-state index in [1.807, 2.05) is 13.0 Å². The molecule has 1 aliphatic carbocycles. The lowest BCUT2D eigenvalue weighted by Crippen LogP contribution is -2.18. The number of aliphatic hydroxyl groups is 1. The fourth-order valence-electron chi connectivity index (χ4n) is 1.52. The molecule has 1 rings (SSSR count). The maximum absolute atomic E-state index is 10.8. The van der Waals surface area contributed by atoms with Crippen LogP contribution < -0.4 is 5.73 Å². The summed E-state index contributed by atoms with van der Waals surface area (Å²) in [4.78, 5) is 10.8. The van der Waals surface area contributed by atoms with Gasteiger partial charge in [-0.1, -0.05) is 11.6 Å². The Hall–Kier alpha value is -1.09. The van der Waals surface area contributed by atoms with E-state index in [1.165, 1.54) is 6.92 Å². The molecule has 78 valence electrons. The van der Waals surface area contributed by atoms with E-state index in [0.717, 1.165) is 29.7 Å². The number of hydrogen-bond donors (Lipinski definition) is 2. The van der Waals surface area contributed by atoms with E-state index in [-0.39, 0.29) is 5.78 Å². The molecule has 0 aromatic heterocycles. The summed E-state index contributed by atoms with van der Waals surface area (Å²) in [5.74, 6) is -0.175. The van der Waals surface area contributed by atoms with Crippen molar-refractivity contribution in [1.29, 1.82) is 0 Å². The molecular weight excluding hydrogens is 178 g/mol. The number of nitrogens with two attached hydrogens (primary N) is 1. The molecule has 1 atom stereocenters. The third kappa shape index (κ3) is 2.70. The van der Waals surface area contributed by atoms with Crippen molar-refractivity contribution in [3.05, 3.63) is 22.9 Å². The average Bonchev–Trinajstić information content (AvgIpc) is 2.11. The van der Waals surface area contributed by atoms with Gasteiger partial charge in [0.05, 0.1) is 0 Å². The maximum Gasteiger partial charge on any atom is 0.158 e. The molecule has 0 fully saturated rings. The van der Waals surface area contributed by atoms with Crippen LogP contribution in [0.2, 0.25) is 0 Å². The van der Waals surface area contributed by atoms with Crippen molar-refractivity contribution in [2.24, 2.45) is 5.73 Å². The highest BCUT2D eigenvalue weighted by molar-refractivity contribution is 5.80. The maximum atomic E-state index is 10.8. The number of aliphatic hydroxyl groups excluding tert-OH is 1. The summed E-state index contributed by atoms with van der Waals surface area (Å²) in [6.07, 6.45) is 3.26. The highest BCUT2D eigenvalue weighted by Gasteiger charge is 2.15. The molecule has 0 amide bonds. The van der Waals surface area contributed by atoms with Crippen LogP contribution in [0.4, 0.5) is 0 Å². The van der Waals surface area contributed by atoms with Gasteiger partial charge in [0.25, 0.3) is 0 Å². The molecule has 0 bridgehead atoms. The second-order valence-corrected chi connectivity index (χ2v) is 3.84. The van der Waals surface area contributed by atoms with Gasteiger partial charge in [0, 0.05) is 12.1 Å². The quantitative estimate of drug-likeness (QED) is 0.713. The smallest absolute Gasteiger partial charge is 0.158 e. The van der Waals surface area contributed by atoms with Gasteiger partial charge in [-0.05, 0) is 32.3 Å². The molecule has 3 nitrogen and oxygen atoms in total. The summed E-state index contributed by atoms with van der Waals surface area (Å²) in [6.45, 7) is 3.36. The van der Waals surface area contributed by atoms with Gasteiger partial charge >= 0.3 is 0 Å². The molecule has 0 spiro atoms. The Morgan fingerprint density at radius 1 is 1.64 bits per heavy atom. The SMILES string of the molecule is CC(=O)[C@H](O)CC1=CC(C)=C(N)CC1. The van der Waals surface area contributed by atoms with Crippen LogP contribution in [-0.2, 0) is 4.79 Å². The Labute approximate surface area is 84.3 Å². The number of carbonyl (C=O) groups is 1. The standard InChI is InChI=1S/C11H17NO2/c1-7-5-9(3-4-10(7)12)6-11(14)8(2)13/h5,11,14H,3-4,6,12H2,1-2H3/t11-/m1/s1. The largest absolute Gasteiger partial charge is 0.402 e. The van der Waals surface area contributed by atoms with Crippen LogP contribution in [0.1, 0.15) is 33.1 Å². The van der Waals surface area contributed by atoms with Crippen molar-refractivity contribution in [2.45, 2.75) is 39.2 Å². The Kier molecular flexibility index (Phi) is 3.47. The summed E-state index contributed by atoms with van der Waals surface area (Å²) in [6, 6.07) is 0. The number of rotatable bonds is 3. The molecular formula is C11H17NO2. The van der Waals surface area contributed by atoms with Crippen LogP contribution in [-0.4, -0.2) is 17.0 Å². The van der Waals surface area contributed by atoms with Crippen molar-refractivity contribution >= 4 is 5.78 Å². The predicted octanol–water partition coefficient (Wildman–Crippen LogP) is 1.28. The molecule has 3 heteroatoms. The van der Waals surface area contributed by atoms with Crippen molar-refractivity contribution in [2.75, 3.05) is 0 Å². The summed E-state index contributed by atoms with van der Waals surface area (Å²) >= 11 is 0. The molecule has 0 unspecified atom stereocenters. The topological polar surface area (TPSA) is 63.3 Å². The Morgan fingerprint density at radius 3 is 2.79 bits per heavy atom. The monoisotopic (exact) mass is 195 g/mol. The van der Waals surface area contributed by atoms with E-state index in [0.29, 0.717) is 6.42 Å². The summed E-state index contributed by atoms with van der Waals surface area (Å²) < 4.78 is 0. The van der Waals surface area contributed by atoms with E-state index in [4.69, 9.17) is 5.73 Å². The Morgan fingerprint density at radius 2 is 2.29 bits per heavy atom. The normalized spacial score (nSPS) is 19.2. The summed E-state index contributed by atoms with van der Waals surface area (Å²) in [5.41, 5.74) is 8.81. The molecule has 0 saturated carbocycles. The number of carbonyl (C=O) groups excluding carboxylic acids is 1. The zero-order chi connectivity index (χ0) is 10.7. The van der Waals surface area contributed by atoms with Gasteiger partial charge in [0.15, 0.2) is 5.78 Å². The van der Waals surface area contributed by atoms with Gasteiger partial charge in [0.1, 0.15) is 6.10 Å². The Bertz CT molecular complexity index is 302. The van der Waals surface area contributed by atoms with Gasteiger partial charge in [-0.15, -0.1) is 0 Å². The minimum absolute atomic E-state index is 0.175. The zero-order valence-electron chi connectivity index (χ0n) is 8.71. The van der Waals surface area contributed by atoms with Crippen LogP contribution in [0.5, 0.6) is 0 Å². The van der Waals surface area contributed by atoms with E-state index >= 15 is 0 Å². The minimum Gasteiger partial charge on any atom is -0.402 e. The first-order chi connectivity index (χ1) is 6.50. The van der Waals surface area contributed by atoms with Gasteiger partial charge in [0.2, 0.25) is 0 Å². The molecule has 0 aromatic carbocycles. The first kappa shape index (κ1) is 11.0. The average molecular weight is 195 g/mol. The first-order valence-electron chi connectivity index (χ1n) is 4.84. The second-order valence-electron chi connectivity index (χ2n) is 3.84. The summed E-state index contributed by atoms with van der Waals surface area (Å²) in [7, 11) is 0. The second kappa shape index (κ2) is 4.42. The number of ketones is 1. The van der Waals surface area contributed by atoms with Crippen LogP contribution in [0.3, 0.4) is 0 Å².